The van der Waals surface area contributed by atoms with Gasteiger partial charge in [-0.15, -0.1) is 0 Å². The molecule has 2 heterocycles. The molecule has 0 unspecified atom stereocenters. The van der Waals surface area contributed by atoms with Crippen molar-refractivity contribution in [3.05, 3.63) is 53.4 Å². The summed E-state index contributed by atoms with van der Waals surface area (Å²) in [4.78, 5) is 4.41. The van der Waals surface area contributed by atoms with Gasteiger partial charge in [0.05, 0.1) is 12.0 Å². The first kappa shape index (κ1) is 11.4. The zero-order valence-corrected chi connectivity index (χ0v) is 10.2. The predicted molar refractivity (Wildman–Crippen MR) is 67.7 cm³/mol. The van der Waals surface area contributed by atoms with E-state index in [0.717, 1.165) is 43.7 Å². The van der Waals surface area contributed by atoms with Crippen molar-refractivity contribution in [2.75, 3.05) is 6.54 Å². The van der Waals surface area contributed by atoms with Crippen LogP contribution in [0.2, 0.25) is 0 Å². The Hall–Kier alpha value is -1.68. The molecule has 18 heavy (non-hydrogen) atoms. The maximum absolute atomic E-state index is 13.1. The van der Waals surface area contributed by atoms with Crippen LogP contribution in [0.1, 0.15) is 17.0 Å². The van der Waals surface area contributed by atoms with Crippen LogP contribution in [-0.4, -0.2) is 16.1 Å². The largest absolute Gasteiger partial charge is 0.334 e. The van der Waals surface area contributed by atoms with E-state index in [-0.39, 0.29) is 5.82 Å². The molecule has 1 aromatic carbocycles. The van der Waals surface area contributed by atoms with Gasteiger partial charge in [0.1, 0.15) is 5.82 Å². The maximum Gasteiger partial charge on any atom is 0.123 e. The SMILES string of the molecule is Fc1cccc(CCn2cnc3c2CCNC3)c1. The lowest BCUT2D eigenvalue weighted by molar-refractivity contribution is 0.583. The quantitative estimate of drug-likeness (QED) is 0.895. The average molecular weight is 245 g/mol. The first-order chi connectivity index (χ1) is 8.83. The van der Waals surface area contributed by atoms with Gasteiger partial charge in [0.25, 0.3) is 0 Å². The lowest BCUT2D eigenvalue weighted by atomic mass is 10.1. The van der Waals surface area contributed by atoms with Crippen LogP contribution in [0.15, 0.2) is 30.6 Å². The van der Waals surface area contributed by atoms with Crippen molar-refractivity contribution in [3.63, 3.8) is 0 Å². The summed E-state index contributed by atoms with van der Waals surface area (Å²) in [7, 11) is 0. The number of benzene rings is 1. The van der Waals surface area contributed by atoms with Gasteiger partial charge in [0.15, 0.2) is 0 Å². The molecule has 0 saturated carbocycles. The summed E-state index contributed by atoms with van der Waals surface area (Å²) in [5.74, 6) is -0.163. The average Bonchev–Trinajstić information content (AvgIpc) is 2.80. The van der Waals surface area contributed by atoms with E-state index in [4.69, 9.17) is 0 Å². The molecule has 94 valence electrons. The van der Waals surface area contributed by atoms with Crippen molar-refractivity contribution in [1.29, 1.82) is 0 Å². The highest BCUT2D eigenvalue weighted by Gasteiger charge is 2.14. The molecule has 0 amide bonds. The minimum atomic E-state index is -0.163. The Morgan fingerprint density at radius 2 is 2.33 bits per heavy atom. The summed E-state index contributed by atoms with van der Waals surface area (Å²) >= 11 is 0. The first-order valence-electron chi connectivity index (χ1n) is 6.31. The fourth-order valence-electron chi connectivity index (χ4n) is 2.43. The first-order valence-corrected chi connectivity index (χ1v) is 6.31. The highest BCUT2D eigenvalue weighted by atomic mass is 19.1. The molecule has 0 radical (unpaired) electrons. The second kappa shape index (κ2) is 4.90. The minimum Gasteiger partial charge on any atom is -0.334 e. The van der Waals surface area contributed by atoms with Gasteiger partial charge < -0.3 is 9.88 Å². The normalized spacial score (nSPS) is 14.5. The Kier molecular flexibility index (Phi) is 3.11. The van der Waals surface area contributed by atoms with E-state index in [0.29, 0.717) is 0 Å². The van der Waals surface area contributed by atoms with Crippen LogP contribution in [-0.2, 0) is 25.9 Å². The Morgan fingerprint density at radius 1 is 1.39 bits per heavy atom. The number of nitrogens with zero attached hydrogens (tertiary/aromatic N) is 2. The summed E-state index contributed by atoms with van der Waals surface area (Å²) in [6.07, 6.45) is 3.77. The van der Waals surface area contributed by atoms with Crippen LogP contribution >= 0.6 is 0 Å². The van der Waals surface area contributed by atoms with Crippen molar-refractivity contribution in [2.45, 2.75) is 25.9 Å². The molecule has 0 fully saturated rings. The molecule has 0 saturated heterocycles. The van der Waals surface area contributed by atoms with Gasteiger partial charge in [0.2, 0.25) is 0 Å². The van der Waals surface area contributed by atoms with Gasteiger partial charge in [0, 0.05) is 31.7 Å². The lowest BCUT2D eigenvalue weighted by Gasteiger charge is -2.15. The molecule has 3 nitrogen and oxygen atoms in total. The second-order valence-corrected chi connectivity index (χ2v) is 4.64. The molecular formula is C14H16FN3. The van der Waals surface area contributed by atoms with Crippen LogP contribution in [0.25, 0.3) is 0 Å². The number of rotatable bonds is 3. The fourth-order valence-corrected chi connectivity index (χ4v) is 2.43. The van der Waals surface area contributed by atoms with E-state index < -0.39 is 0 Å². The molecule has 4 heteroatoms. The minimum absolute atomic E-state index is 0.163. The highest BCUT2D eigenvalue weighted by molar-refractivity contribution is 5.18. The standard InChI is InChI=1S/C14H16FN3/c15-12-3-1-2-11(8-12)5-7-18-10-17-13-9-16-6-4-14(13)18/h1-3,8,10,16H,4-7,9H2. The summed E-state index contributed by atoms with van der Waals surface area (Å²) < 4.78 is 15.3. The fraction of sp³-hybridized carbons (Fsp3) is 0.357. The topological polar surface area (TPSA) is 29.9 Å². The van der Waals surface area contributed by atoms with Crippen LogP contribution in [0, 0.1) is 5.82 Å². The van der Waals surface area contributed by atoms with Crippen LogP contribution in [0.5, 0.6) is 0 Å². The van der Waals surface area contributed by atoms with Crippen LogP contribution in [0.3, 0.4) is 0 Å². The number of halogens is 1. The zero-order chi connectivity index (χ0) is 12.4. The lowest BCUT2D eigenvalue weighted by Crippen LogP contribution is -2.25. The summed E-state index contributed by atoms with van der Waals surface area (Å²) in [5, 5.41) is 3.31. The molecule has 0 bridgehead atoms. The van der Waals surface area contributed by atoms with Gasteiger partial charge in [-0.1, -0.05) is 12.1 Å². The van der Waals surface area contributed by atoms with Crippen LogP contribution < -0.4 is 5.32 Å². The number of fused-ring (bicyclic) bond motifs is 1. The molecule has 1 aliphatic heterocycles. The van der Waals surface area contributed by atoms with E-state index in [1.807, 2.05) is 12.4 Å². The van der Waals surface area contributed by atoms with Crippen LogP contribution in [0.4, 0.5) is 4.39 Å². The van der Waals surface area contributed by atoms with Crippen molar-refractivity contribution in [3.8, 4) is 0 Å². The van der Waals surface area contributed by atoms with E-state index in [2.05, 4.69) is 14.9 Å². The highest BCUT2D eigenvalue weighted by Crippen LogP contribution is 2.13. The Morgan fingerprint density at radius 3 is 3.22 bits per heavy atom. The number of imidazole rings is 1. The van der Waals surface area contributed by atoms with E-state index in [9.17, 15) is 4.39 Å². The summed E-state index contributed by atoms with van der Waals surface area (Å²) in [6.45, 7) is 2.74. The molecule has 0 aliphatic carbocycles. The van der Waals surface area contributed by atoms with Gasteiger partial charge in [-0.05, 0) is 24.1 Å². The van der Waals surface area contributed by atoms with Gasteiger partial charge in [-0.3, -0.25) is 0 Å². The van der Waals surface area contributed by atoms with Crippen molar-refractivity contribution < 1.29 is 4.39 Å². The van der Waals surface area contributed by atoms with E-state index >= 15 is 0 Å². The molecule has 0 spiro atoms. The Bertz CT molecular complexity index is 548. The maximum atomic E-state index is 13.1. The molecule has 1 aromatic heterocycles. The third-order valence-corrected chi connectivity index (χ3v) is 3.39. The van der Waals surface area contributed by atoms with Crippen molar-refractivity contribution in [1.82, 2.24) is 14.9 Å². The van der Waals surface area contributed by atoms with Gasteiger partial charge >= 0.3 is 0 Å². The summed E-state index contributed by atoms with van der Waals surface area (Å²) in [5.41, 5.74) is 3.51. The zero-order valence-electron chi connectivity index (χ0n) is 10.2. The molecule has 2 aromatic rings. The number of aromatic nitrogens is 2. The third kappa shape index (κ3) is 2.29. The Labute approximate surface area is 106 Å². The molecule has 0 atom stereocenters. The Balaban J connectivity index is 1.72. The number of nitrogens with one attached hydrogen (secondary N) is 1. The number of hydrogen-bond donors (Lipinski definition) is 1. The summed E-state index contributed by atoms with van der Waals surface area (Å²) in [6, 6.07) is 6.81. The second-order valence-electron chi connectivity index (χ2n) is 4.64. The van der Waals surface area contributed by atoms with Crippen molar-refractivity contribution >= 4 is 0 Å². The van der Waals surface area contributed by atoms with E-state index in [1.54, 1.807) is 12.1 Å². The number of aryl methyl sites for hydroxylation is 2. The third-order valence-electron chi connectivity index (χ3n) is 3.39. The molecule has 1 aliphatic rings. The van der Waals surface area contributed by atoms with Gasteiger partial charge in [-0.25, -0.2) is 9.37 Å². The molecule has 1 N–H and O–H groups in total. The number of hydrogen-bond acceptors (Lipinski definition) is 2. The monoisotopic (exact) mass is 245 g/mol. The van der Waals surface area contributed by atoms with Crippen molar-refractivity contribution in [2.24, 2.45) is 0 Å². The smallest absolute Gasteiger partial charge is 0.123 e. The predicted octanol–water partition coefficient (Wildman–Crippen LogP) is 1.91. The van der Waals surface area contributed by atoms with Gasteiger partial charge in [-0.2, -0.15) is 0 Å². The van der Waals surface area contributed by atoms with E-state index in [1.165, 1.54) is 11.8 Å². The molecular weight excluding hydrogens is 229 g/mol. The molecule has 3 rings (SSSR count).